The van der Waals surface area contributed by atoms with Crippen LogP contribution in [0, 0.1) is 0 Å². The zero-order chi connectivity index (χ0) is 21.7. The van der Waals surface area contributed by atoms with Crippen molar-refractivity contribution in [1.82, 2.24) is 4.90 Å². The van der Waals surface area contributed by atoms with E-state index in [2.05, 4.69) is 39.8 Å². The van der Waals surface area contributed by atoms with Crippen molar-refractivity contribution in [3.05, 3.63) is 29.8 Å². The van der Waals surface area contributed by atoms with Gasteiger partial charge in [0, 0.05) is 18.4 Å². The lowest BCUT2D eigenvalue weighted by atomic mass is 9.50. The minimum atomic E-state index is -0.518. The monoisotopic (exact) mass is 403 g/mol. The van der Waals surface area contributed by atoms with E-state index in [1.807, 2.05) is 32.9 Å². The van der Waals surface area contributed by atoms with Gasteiger partial charge >= 0.3 is 13.2 Å². The van der Waals surface area contributed by atoms with Gasteiger partial charge in [0.05, 0.1) is 18.3 Å². The van der Waals surface area contributed by atoms with Gasteiger partial charge in [0.25, 0.3) is 0 Å². The topological polar surface area (TPSA) is 57.2 Å². The molecule has 0 saturated carbocycles. The number of hydrogen-bond donors (Lipinski definition) is 0. The normalized spacial score (nSPS) is 22.2. The number of rotatable bonds is 4. The zero-order valence-electron chi connectivity index (χ0n) is 19.0. The Balaban J connectivity index is 1.81. The predicted molar refractivity (Wildman–Crippen MR) is 113 cm³/mol. The molecule has 2 saturated heterocycles. The molecular weight excluding hydrogens is 369 g/mol. The van der Waals surface area contributed by atoms with Gasteiger partial charge < -0.3 is 23.7 Å². The Kier molecular flexibility index (Phi) is 5.46. The third-order valence-corrected chi connectivity index (χ3v) is 6.13. The first-order valence-electron chi connectivity index (χ1n) is 10.2. The summed E-state index contributed by atoms with van der Waals surface area (Å²) in [6, 6.07) is 8.03. The molecule has 0 N–H and O–H groups in total. The molecule has 0 atom stereocenters. The maximum absolute atomic E-state index is 12.5. The molecule has 2 heterocycles. The molecule has 1 aromatic rings. The SMILES string of the molecule is COc1ccc(CC2(B3OC(C)(C)C(C)(C)O3)CN(C(=O)OC(C)(C)C)C2)cc1. The molecule has 0 spiro atoms. The average molecular weight is 403 g/mol. The van der Waals surface area contributed by atoms with E-state index in [9.17, 15) is 4.79 Å². The minimum Gasteiger partial charge on any atom is -0.497 e. The third kappa shape index (κ3) is 4.41. The van der Waals surface area contributed by atoms with Crippen LogP contribution in [0.25, 0.3) is 0 Å². The summed E-state index contributed by atoms with van der Waals surface area (Å²) in [5.41, 5.74) is -0.201. The van der Waals surface area contributed by atoms with Crippen molar-refractivity contribution in [2.24, 2.45) is 0 Å². The van der Waals surface area contributed by atoms with Crippen molar-refractivity contribution in [2.45, 2.75) is 77.0 Å². The van der Waals surface area contributed by atoms with Crippen LogP contribution in [-0.2, 0) is 20.5 Å². The number of methoxy groups -OCH3 is 1. The van der Waals surface area contributed by atoms with Crippen LogP contribution in [0.4, 0.5) is 4.79 Å². The molecule has 6 nitrogen and oxygen atoms in total. The van der Waals surface area contributed by atoms with Gasteiger partial charge in [0.1, 0.15) is 11.4 Å². The van der Waals surface area contributed by atoms with Gasteiger partial charge in [0.2, 0.25) is 0 Å². The van der Waals surface area contributed by atoms with Crippen LogP contribution in [0.3, 0.4) is 0 Å². The van der Waals surface area contributed by atoms with E-state index < -0.39 is 23.9 Å². The van der Waals surface area contributed by atoms with Gasteiger partial charge in [-0.15, -0.1) is 0 Å². The number of likely N-dealkylation sites (tertiary alicyclic amines) is 1. The van der Waals surface area contributed by atoms with Gasteiger partial charge in [-0.25, -0.2) is 4.79 Å². The predicted octanol–water partition coefficient (Wildman–Crippen LogP) is 4.32. The smallest absolute Gasteiger partial charge is 0.468 e. The molecule has 0 aromatic heterocycles. The van der Waals surface area contributed by atoms with Gasteiger partial charge in [0.15, 0.2) is 0 Å². The Morgan fingerprint density at radius 3 is 2.03 bits per heavy atom. The molecule has 1 amide bonds. The molecule has 29 heavy (non-hydrogen) atoms. The second-order valence-corrected chi connectivity index (χ2v) is 10.3. The lowest BCUT2D eigenvalue weighted by Gasteiger charge is -2.50. The fraction of sp³-hybridized carbons (Fsp3) is 0.682. The number of benzene rings is 1. The molecular formula is C22H34BNO5. The maximum Gasteiger partial charge on any atom is 0.468 e. The molecule has 2 aliphatic rings. The fourth-order valence-electron chi connectivity index (χ4n) is 3.76. The summed E-state index contributed by atoms with van der Waals surface area (Å²) < 4.78 is 23.6. The van der Waals surface area contributed by atoms with Crippen molar-refractivity contribution in [1.29, 1.82) is 0 Å². The fourth-order valence-corrected chi connectivity index (χ4v) is 3.76. The molecule has 0 bridgehead atoms. The molecule has 2 fully saturated rings. The van der Waals surface area contributed by atoms with E-state index in [0.717, 1.165) is 17.7 Å². The van der Waals surface area contributed by atoms with E-state index in [1.54, 1.807) is 12.0 Å². The first-order chi connectivity index (χ1) is 13.3. The summed E-state index contributed by atoms with van der Waals surface area (Å²) in [7, 11) is 1.26. The molecule has 1 aromatic carbocycles. The highest BCUT2D eigenvalue weighted by Crippen LogP contribution is 2.51. The Labute approximate surface area is 175 Å². The number of ether oxygens (including phenoxy) is 2. The Bertz CT molecular complexity index is 731. The largest absolute Gasteiger partial charge is 0.497 e. The van der Waals surface area contributed by atoms with Crippen molar-refractivity contribution >= 4 is 13.2 Å². The van der Waals surface area contributed by atoms with Crippen molar-refractivity contribution < 1.29 is 23.6 Å². The Morgan fingerprint density at radius 2 is 1.59 bits per heavy atom. The highest BCUT2D eigenvalue weighted by molar-refractivity contribution is 6.50. The molecule has 7 heteroatoms. The van der Waals surface area contributed by atoms with Gasteiger partial charge in [-0.1, -0.05) is 12.1 Å². The Morgan fingerprint density at radius 1 is 1.07 bits per heavy atom. The lowest BCUT2D eigenvalue weighted by molar-refractivity contribution is -0.00348. The quantitative estimate of drug-likeness (QED) is 0.701. The molecule has 2 aliphatic heterocycles. The summed E-state index contributed by atoms with van der Waals surface area (Å²) in [5.74, 6) is 0.822. The van der Waals surface area contributed by atoms with Crippen LogP contribution in [0.5, 0.6) is 5.75 Å². The van der Waals surface area contributed by atoms with Gasteiger partial charge in [-0.3, -0.25) is 0 Å². The first-order valence-corrected chi connectivity index (χ1v) is 10.2. The lowest BCUT2D eigenvalue weighted by Crippen LogP contribution is -2.62. The summed E-state index contributed by atoms with van der Waals surface area (Å²) in [6.07, 6.45) is 0.451. The third-order valence-electron chi connectivity index (χ3n) is 6.13. The standard InChI is InChI=1S/C22H34BNO5/c1-19(2,3)27-18(25)24-14-22(15-24,13-16-9-11-17(26-8)12-10-16)23-28-20(4,5)21(6,7)29-23/h9-12H,13-15H2,1-8H3. The highest BCUT2D eigenvalue weighted by Gasteiger charge is 2.64. The second kappa shape index (κ2) is 7.20. The number of amides is 1. The maximum atomic E-state index is 12.5. The van der Waals surface area contributed by atoms with Crippen LogP contribution in [0.1, 0.15) is 54.0 Å². The van der Waals surface area contributed by atoms with Gasteiger partial charge in [-0.05, 0) is 72.6 Å². The summed E-state index contributed by atoms with van der Waals surface area (Å²) >= 11 is 0. The number of nitrogens with zero attached hydrogens (tertiary/aromatic N) is 1. The van der Waals surface area contributed by atoms with Crippen LogP contribution < -0.4 is 4.74 Å². The van der Waals surface area contributed by atoms with Gasteiger partial charge in [-0.2, -0.15) is 0 Å². The van der Waals surface area contributed by atoms with Crippen molar-refractivity contribution in [3.8, 4) is 5.75 Å². The van der Waals surface area contributed by atoms with Crippen LogP contribution >= 0.6 is 0 Å². The van der Waals surface area contributed by atoms with Crippen molar-refractivity contribution in [2.75, 3.05) is 20.2 Å². The van der Waals surface area contributed by atoms with E-state index >= 15 is 0 Å². The number of carbonyl (C=O) groups is 1. The Hall–Kier alpha value is -1.73. The first kappa shape index (κ1) is 22.0. The summed E-state index contributed by atoms with van der Waals surface area (Å²) in [5, 5.41) is -0.323. The molecule has 160 valence electrons. The van der Waals surface area contributed by atoms with Crippen LogP contribution in [0.15, 0.2) is 24.3 Å². The van der Waals surface area contributed by atoms with E-state index in [1.165, 1.54) is 0 Å². The summed E-state index contributed by atoms with van der Waals surface area (Å²) in [4.78, 5) is 14.3. The zero-order valence-corrected chi connectivity index (χ0v) is 19.0. The highest BCUT2D eigenvalue weighted by atomic mass is 16.7. The van der Waals surface area contributed by atoms with E-state index in [-0.39, 0.29) is 11.4 Å². The average Bonchev–Trinajstić information content (AvgIpc) is 2.77. The molecule has 0 unspecified atom stereocenters. The van der Waals surface area contributed by atoms with E-state index in [0.29, 0.717) is 13.1 Å². The van der Waals surface area contributed by atoms with Crippen molar-refractivity contribution in [3.63, 3.8) is 0 Å². The molecule has 0 radical (unpaired) electrons. The number of carbonyl (C=O) groups excluding carboxylic acids is 1. The molecule has 3 rings (SSSR count). The van der Waals surface area contributed by atoms with Crippen LogP contribution in [0.2, 0.25) is 5.31 Å². The second-order valence-electron chi connectivity index (χ2n) is 10.3. The molecule has 0 aliphatic carbocycles. The summed E-state index contributed by atoms with van der Waals surface area (Å²) in [6.45, 7) is 14.9. The minimum absolute atomic E-state index is 0.292. The number of hydrogen-bond acceptors (Lipinski definition) is 5. The van der Waals surface area contributed by atoms with Crippen LogP contribution in [-0.4, -0.2) is 55.1 Å². The van der Waals surface area contributed by atoms with E-state index in [4.69, 9.17) is 18.8 Å².